The van der Waals surface area contributed by atoms with Gasteiger partial charge in [0.15, 0.2) is 6.10 Å². The van der Waals surface area contributed by atoms with Crippen LogP contribution in [0, 0.1) is 0 Å². The van der Waals surface area contributed by atoms with Gasteiger partial charge in [0.25, 0.3) is 0 Å². The number of ether oxygens (including phenoxy) is 3. The van der Waals surface area contributed by atoms with Crippen LogP contribution in [-0.4, -0.2) is 95.9 Å². The van der Waals surface area contributed by atoms with Gasteiger partial charge in [-0.3, -0.25) is 32.5 Å². The van der Waals surface area contributed by atoms with Gasteiger partial charge in [0.1, 0.15) is 25.4 Å². The summed E-state index contributed by atoms with van der Waals surface area (Å²) in [6.45, 7) is 2.28. The number of allylic oxidation sites excluding steroid dienone is 28. The molecule has 0 aromatic carbocycles. The second kappa shape index (κ2) is 76.6. The van der Waals surface area contributed by atoms with Crippen molar-refractivity contribution in [3.05, 3.63) is 170 Å². The van der Waals surface area contributed by atoms with Crippen LogP contribution in [0.5, 0.6) is 0 Å². The van der Waals surface area contributed by atoms with E-state index in [4.69, 9.17) is 32.3 Å². The number of phosphoric ester groups is 2. The number of carbonyl (C=O) groups excluding carboxylic acids is 3. The van der Waals surface area contributed by atoms with Crippen molar-refractivity contribution in [2.45, 2.75) is 309 Å². The lowest BCUT2D eigenvalue weighted by molar-refractivity contribution is -0.161. The number of aliphatic hydroxyl groups excluding tert-OH is 2. The molecule has 4 N–H and O–H groups in total. The lowest BCUT2D eigenvalue weighted by Gasteiger charge is -2.21. The Kier molecular flexibility index (Phi) is 72.8. The molecule has 0 spiro atoms. The first-order chi connectivity index (χ1) is 50.2. The van der Waals surface area contributed by atoms with Crippen LogP contribution in [0.2, 0.25) is 0 Å². The fourth-order valence-electron chi connectivity index (χ4n) is 10.0. The molecule has 0 bridgehead atoms. The molecule has 0 amide bonds. The van der Waals surface area contributed by atoms with E-state index in [-0.39, 0.29) is 19.3 Å². The predicted molar refractivity (Wildman–Crippen MR) is 426 cm³/mol. The number of rotatable bonds is 73. The molecule has 0 heterocycles. The number of carbonyl (C=O) groups is 3. The lowest BCUT2D eigenvalue weighted by Crippen LogP contribution is -2.30. The molecule has 0 aliphatic rings. The summed E-state index contributed by atoms with van der Waals surface area (Å²) in [6.07, 6.45) is 96.9. The highest BCUT2D eigenvalue weighted by molar-refractivity contribution is 7.47. The van der Waals surface area contributed by atoms with Crippen LogP contribution >= 0.6 is 15.6 Å². The van der Waals surface area contributed by atoms with Gasteiger partial charge in [-0.15, -0.1) is 0 Å². The molecule has 0 radical (unpaired) electrons. The third-order valence-corrected chi connectivity index (χ3v) is 17.8. The minimum atomic E-state index is -4.95. The maximum atomic E-state index is 13.0. The number of phosphoric acid groups is 2. The van der Waals surface area contributed by atoms with E-state index >= 15 is 0 Å². The molecule has 0 saturated heterocycles. The number of aliphatic hydroxyl groups is 2. The summed E-state index contributed by atoms with van der Waals surface area (Å²) in [5, 5.41) is 20.6. The van der Waals surface area contributed by atoms with Gasteiger partial charge in [-0.2, -0.15) is 0 Å². The van der Waals surface area contributed by atoms with Gasteiger partial charge in [0, 0.05) is 19.3 Å². The minimum Gasteiger partial charge on any atom is -0.463 e. The van der Waals surface area contributed by atoms with Gasteiger partial charge in [0.2, 0.25) is 0 Å². The van der Waals surface area contributed by atoms with Crippen LogP contribution in [0.25, 0.3) is 0 Å². The van der Waals surface area contributed by atoms with E-state index in [1.807, 2.05) is 0 Å². The molecule has 0 aromatic rings. The quantitative estimate of drug-likeness (QED) is 0.0146. The zero-order valence-electron chi connectivity index (χ0n) is 63.9. The highest BCUT2D eigenvalue weighted by Crippen LogP contribution is 2.45. The average Bonchev–Trinajstić information content (AvgIpc) is 0.915. The van der Waals surface area contributed by atoms with Crippen molar-refractivity contribution in [3.8, 4) is 0 Å². The summed E-state index contributed by atoms with van der Waals surface area (Å²) in [5.74, 6) is -1.63. The molecule has 0 aliphatic carbocycles. The third kappa shape index (κ3) is 77.8. The highest BCUT2D eigenvalue weighted by atomic mass is 31.2. The molecule has 103 heavy (non-hydrogen) atoms. The number of esters is 3. The first-order valence-corrected chi connectivity index (χ1v) is 42.4. The van der Waals surface area contributed by atoms with Crippen molar-refractivity contribution in [2.75, 3.05) is 39.6 Å². The summed E-state index contributed by atoms with van der Waals surface area (Å²) in [6, 6.07) is 0. The fourth-order valence-corrected chi connectivity index (χ4v) is 11.6. The normalized spacial score (nSPS) is 14.9. The van der Waals surface area contributed by atoms with E-state index in [1.54, 1.807) is 0 Å². The maximum Gasteiger partial charge on any atom is 0.472 e. The van der Waals surface area contributed by atoms with Gasteiger partial charge in [-0.1, -0.05) is 294 Å². The second-order valence-electron chi connectivity index (χ2n) is 25.7. The second-order valence-corrected chi connectivity index (χ2v) is 28.6. The summed E-state index contributed by atoms with van der Waals surface area (Å²) < 4.78 is 61.1. The first kappa shape index (κ1) is 97.9. The summed E-state index contributed by atoms with van der Waals surface area (Å²) in [4.78, 5) is 58.7. The molecular formula is C85H140O16P2. The van der Waals surface area contributed by atoms with Gasteiger partial charge in [0.05, 0.1) is 26.4 Å². The smallest absolute Gasteiger partial charge is 0.463 e. The molecule has 18 heteroatoms. The Hall–Kier alpha value is -5.09. The van der Waals surface area contributed by atoms with Crippen LogP contribution in [-0.2, 0) is 55.8 Å². The van der Waals surface area contributed by atoms with Crippen molar-refractivity contribution < 1.29 is 75.8 Å². The van der Waals surface area contributed by atoms with E-state index in [9.17, 15) is 43.5 Å². The molecule has 0 aromatic heterocycles. The third-order valence-electron chi connectivity index (χ3n) is 15.9. The number of hydrogen-bond acceptors (Lipinski definition) is 14. The molecule has 586 valence electrons. The van der Waals surface area contributed by atoms with Crippen molar-refractivity contribution in [1.82, 2.24) is 0 Å². The largest absolute Gasteiger partial charge is 0.472 e. The molecule has 0 rings (SSSR count). The van der Waals surface area contributed by atoms with E-state index in [0.29, 0.717) is 19.3 Å². The Morgan fingerprint density at radius 1 is 0.272 bits per heavy atom. The lowest BCUT2D eigenvalue weighted by atomic mass is 10.0. The molecular weight excluding hydrogens is 1340 g/mol. The van der Waals surface area contributed by atoms with Crippen molar-refractivity contribution in [2.24, 2.45) is 0 Å². The molecule has 0 aliphatic heterocycles. The van der Waals surface area contributed by atoms with Crippen LogP contribution in [0.4, 0.5) is 0 Å². The molecule has 5 atom stereocenters. The van der Waals surface area contributed by atoms with Gasteiger partial charge >= 0.3 is 33.6 Å². The van der Waals surface area contributed by atoms with Crippen molar-refractivity contribution in [1.29, 1.82) is 0 Å². The molecule has 0 saturated carbocycles. The predicted octanol–water partition coefficient (Wildman–Crippen LogP) is 23.2. The van der Waals surface area contributed by atoms with E-state index in [1.165, 1.54) is 51.4 Å². The zero-order chi connectivity index (χ0) is 75.2. The van der Waals surface area contributed by atoms with E-state index in [0.717, 1.165) is 180 Å². The molecule has 16 nitrogen and oxygen atoms in total. The van der Waals surface area contributed by atoms with Crippen LogP contribution in [0.15, 0.2) is 170 Å². The van der Waals surface area contributed by atoms with Gasteiger partial charge in [-0.25, -0.2) is 9.13 Å². The number of unbranched alkanes of at least 4 members (excludes halogenated alkanes) is 22. The molecule has 0 fully saturated rings. The zero-order valence-corrected chi connectivity index (χ0v) is 65.7. The Morgan fingerprint density at radius 2 is 0.485 bits per heavy atom. The topological polar surface area (TPSA) is 231 Å². The Bertz CT molecular complexity index is 2550. The SMILES string of the molecule is CC/C=C\C/C=C\C/C=C\C/C=C\C/C=C\C/C=C\CCCCCCCCCCCCCCC(=O)OCC(O)COP(=O)(O)OCC(O)COP(=O)(O)OCC(COC(=O)CCCCCCCC/C=C\C/C=C\C/C=C\C/C=C\CC)OC(=O)CCCCCC/C=C\C/C=C\C/C=C\C/C=C\CC. The number of hydrogen-bond donors (Lipinski definition) is 4. The first-order valence-electron chi connectivity index (χ1n) is 39.4. The van der Waals surface area contributed by atoms with Crippen LogP contribution in [0.1, 0.15) is 290 Å². The Morgan fingerprint density at radius 3 is 0.767 bits per heavy atom. The van der Waals surface area contributed by atoms with E-state index < -0.39 is 91.5 Å². The summed E-state index contributed by atoms with van der Waals surface area (Å²) >= 11 is 0. The van der Waals surface area contributed by atoms with Crippen molar-refractivity contribution >= 4 is 33.6 Å². The van der Waals surface area contributed by atoms with Crippen LogP contribution < -0.4 is 0 Å². The average molecular weight is 1480 g/mol. The monoisotopic (exact) mass is 1480 g/mol. The Balaban J connectivity index is 4.56. The summed E-state index contributed by atoms with van der Waals surface area (Å²) in [7, 11) is -9.81. The minimum absolute atomic E-state index is 0.0679. The van der Waals surface area contributed by atoms with Gasteiger partial charge in [-0.05, 0) is 148 Å². The van der Waals surface area contributed by atoms with Crippen molar-refractivity contribution in [3.63, 3.8) is 0 Å². The highest BCUT2D eigenvalue weighted by Gasteiger charge is 2.29. The summed E-state index contributed by atoms with van der Waals surface area (Å²) in [5.41, 5.74) is 0. The van der Waals surface area contributed by atoms with Crippen LogP contribution in [0.3, 0.4) is 0 Å². The van der Waals surface area contributed by atoms with E-state index in [2.05, 4.69) is 191 Å². The standard InChI is InChI=1S/C85H140O16P2/c1-4-7-10-13-16-19-22-25-28-31-33-34-35-36-37-38-39-40-41-42-43-44-46-49-50-53-56-59-62-65-68-71-83(88)95-74-80(86)75-97-102(91,92)98-76-81(87)77-99-103(93,94)100-79-82(101-85(90)73-70-67-64-61-58-55-52-47-30-27-24-21-18-15-12-9-6-3)78-96-84(89)72-69-66-63-60-57-54-51-48-45-32-29-26-23-20-17-14-11-8-5-2/h7-12,16-21,25-30,33-34,36-37,39-40,45,48,52,55,80-82,86-87H,4-6,13-15,22-24,31-32,35,38,41-44,46-47,49-51,53-54,56-79H2,1-3H3,(H,91,92)(H,93,94)/b10-7-,11-8-,12-9-,19-16-,20-17-,21-18-,28-25-,29-26-,30-27-,34-33-,37-36-,40-39-,48-45-,55-52-. The fraction of sp³-hybridized carbons (Fsp3) is 0.635. The maximum absolute atomic E-state index is 13.0. The molecule has 5 unspecified atom stereocenters. The van der Waals surface area contributed by atoms with Gasteiger partial charge < -0.3 is 34.2 Å². The Labute approximate surface area is 624 Å².